The van der Waals surface area contributed by atoms with Crippen molar-refractivity contribution in [3.8, 4) is 0 Å². The predicted octanol–water partition coefficient (Wildman–Crippen LogP) is 1.25. The van der Waals surface area contributed by atoms with Gasteiger partial charge < -0.3 is 15.1 Å². The van der Waals surface area contributed by atoms with E-state index in [1.54, 1.807) is 0 Å². The zero-order valence-corrected chi connectivity index (χ0v) is 11.5. The highest BCUT2D eigenvalue weighted by molar-refractivity contribution is 5.51. The summed E-state index contributed by atoms with van der Waals surface area (Å²) in [6.45, 7) is 6.62. The Bertz CT molecular complexity index is 472. The van der Waals surface area contributed by atoms with Crippen molar-refractivity contribution in [2.75, 3.05) is 30.1 Å². The highest BCUT2D eigenvalue weighted by atomic mass is 16.5. The largest absolute Gasteiger partial charge is 0.377 e. The second kappa shape index (κ2) is 4.61. The minimum absolute atomic E-state index is 0.0563. The molecular weight excluding hydrogens is 242 g/mol. The van der Waals surface area contributed by atoms with Crippen molar-refractivity contribution in [3.05, 3.63) is 11.9 Å². The average molecular weight is 263 g/mol. The van der Waals surface area contributed by atoms with Crippen LogP contribution in [-0.2, 0) is 4.74 Å². The summed E-state index contributed by atoms with van der Waals surface area (Å²) in [6, 6.07) is 1.92. The van der Waals surface area contributed by atoms with Crippen LogP contribution in [0.15, 0.2) is 6.07 Å². The zero-order chi connectivity index (χ0) is 13.5. The first-order chi connectivity index (χ1) is 9.10. The standard InChI is InChI=1S/C13H21N5O/c1-13(2)8-19-6-5-18(13)11-7-10(17-14)15-12(16-11)9-3-4-9/h7,9H,3-6,8,14H2,1-2H3,(H,15,16,17). The van der Waals surface area contributed by atoms with E-state index in [-0.39, 0.29) is 5.54 Å². The van der Waals surface area contributed by atoms with Crippen LogP contribution in [0.25, 0.3) is 0 Å². The van der Waals surface area contributed by atoms with Gasteiger partial charge in [0.05, 0.1) is 18.8 Å². The average Bonchev–Trinajstić information content (AvgIpc) is 3.22. The van der Waals surface area contributed by atoms with E-state index in [2.05, 4.69) is 29.2 Å². The number of hydrogen-bond donors (Lipinski definition) is 2. The number of nitrogens with zero attached hydrogens (tertiary/aromatic N) is 3. The quantitative estimate of drug-likeness (QED) is 0.631. The van der Waals surface area contributed by atoms with Gasteiger partial charge >= 0.3 is 0 Å². The molecule has 1 saturated carbocycles. The summed E-state index contributed by atoms with van der Waals surface area (Å²) in [5.41, 5.74) is 2.59. The number of nitrogens with two attached hydrogens (primary N) is 1. The number of anilines is 2. The van der Waals surface area contributed by atoms with Crippen LogP contribution in [0.3, 0.4) is 0 Å². The number of nitrogen functional groups attached to an aromatic ring is 1. The molecule has 2 aliphatic rings. The highest BCUT2D eigenvalue weighted by Crippen LogP contribution is 2.39. The summed E-state index contributed by atoms with van der Waals surface area (Å²) in [5, 5.41) is 0. The molecule has 0 atom stereocenters. The van der Waals surface area contributed by atoms with Crippen molar-refractivity contribution in [1.29, 1.82) is 0 Å². The SMILES string of the molecule is CC1(C)COCCN1c1cc(NN)nc(C2CC2)n1. The van der Waals surface area contributed by atoms with Crippen LogP contribution in [0.2, 0.25) is 0 Å². The van der Waals surface area contributed by atoms with Gasteiger partial charge in [0.2, 0.25) is 0 Å². The van der Waals surface area contributed by atoms with Crippen LogP contribution in [0.4, 0.5) is 11.6 Å². The summed E-state index contributed by atoms with van der Waals surface area (Å²) in [7, 11) is 0. The Labute approximate surface area is 113 Å². The van der Waals surface area contributed by atoms with E-state index in [1.807, 2.05) is 6.07 Å². The van der Waals surface area contributed by atoms with E-state index in [0.29, 0.717) is 18.3 Å². The molecule has 6 nitrogen and oxygen atoms in total. The molecule has 1 aliphatic carbocycles. The van der Waals surface area contributed by atoms with Gasteiger partial charge in [-0.3, -0.25) is 0 Å². The van der Waals surface area contributed by atoms with Gasteiger partial charge in [-0.15, -0.1) is 0 Å². The molecule has 2 heterocycles. The van der Waals surface area contributed by atoms with Gasteiger partial charge in [0, 0.05) is 18.5 Å². The van der Waals surface area contributed by atoms with Crippen LogP contribution in [0.5, 0.6) is 0 Å². The van der Waals surface area contributed by atoms with Crippen molar-refractivity contribution >= 4 is 11.6 Å². The number of nitrogens with one attached hydrogen (secondary N) is 1. The Morgan fingerprint density at radius 2 is 2.21 bits per heavy atom. The molecular formula is C13H21N5O. The Morgan fingerprint density at radius 1 is 1.42 bits per heavy atom. The van der Waals surface area contributed by atoms with E-state index < -0.39 is 0 Å². The van der Waals surface area contributed by atoms with Crippen LogP contribution >= 0.6 is 0 Å². The van der Waals surface area contributed by atoms with Crippen molar-refractivity contribution in [3.63, 3.8) is 0 Å². The monoisotopic (exact) mass is 263 g/mol. The van der Waals surface area contributed by atoms with E-state index >= 15 is 0 Å². The van der Waals surface area contributed by atoms with Crippen molar-refractivity contribution in [1.82, 2.24) is 9.97 Å². The molecule has 19 heavy (non-hydrogen) atoms. The van der Waals surface area contributed by atoms with E-state index in [0.717, 1.165) is 24.8 Å². The van der Waals surface area contributed by atoms with Crippen LogP contribution < -0.4 is 16.2 Å². The first kappa shape index (κ1) is 12.6. The molecule has 3 N–H and O–H groups in total. The topological polar surface area (TPSA) is 76.3 Å². The van der Waals surface area contributed by atoms with Gasteiger partial charge in [0.25, 0.3) is 0 Å². The summed E-state index contributed by atoms with van der Waals surface area (Å²) in [6.07, 6.45) is 2.36. The minimum Gasteiger partial charge on any atom is -0.377 e. The lowest BCUT2D eigenvalue weighted by Crippen LogP contribution is -2.53. The Balaban J connectivity index is 1.96. The molecule has 1 aromatic heterocycles. The number of aromatic nitrogens is 2. The maximum Gasteiger partial charge on any atom is 0.145 e. The summed E-state index contributed by atoms with van der Waals surface area (Å²) in [4.78, 5) is 11.5. The Morgan fingerprint density at radius 3 is 2.84 bits per heavy atom. The van der Waals surface area contributed by atoms with Gasteiger partial charge in [-0.1, -0.05) is 0 Å². The van der Waals surface area contributed by atoms with Crippen molar-refractivity contribution < 1.29 is 4.74 Å². The normalized spacial score (nSPS) is 22.4. The smallest absolute Gasteiger partial charge is 0.145 e. The molecule has 2 fully saturated rings. The minimum atomic E-state index is -0.0563. The molecule has 0 bridgehead atoms. The summed E-state index contributed by atoms with van der Waals surface area (Å²) < 4.78 is 5.56. The second-order valence-electron chi connectivity index (χ2n) is 5.90. The predicted molar refractivity (Wildman–Crippen MR) is 74.1 cm³/mol. The van der Waals surface area contributed by atoms with Gasteiger partial charge in [-0.25, -0.2) is 15.8 Å². The van der Waals surface area contributed by atoms with E-state index in [4.69, 9.17) is 15.6 Å². The Hall–Kier alpha value is -1.40. The molecule has 0 radical (unpaired) electrons. The van der Waals surface area contributed by atoms with Crippen LogP contribution in [0, 0.1) is 0 Å². The van der Waals surface area contributed by atoms with Gasteiger partial charge in [-0.2, -0.15) is 0 Å². The molecule has 0 spiro atoms. The third-order valence-electron chi connectivity index (χ3n) is 3.74. The molecule has 3 rings (SSSR count). The fourth-order valence-corrected chi connectivity index (χ4v) is 2.47. The van der Waals surface area contributed by atoms with Gasteiger partial charge in [-0.05, 0) is 26.7 Å². The van der Waals surface area contributed by atoms with Gasteiger partial charge in [0.1, 0.15) is 17.5 Å². The highest BCUT2D eigenvalue weighted by Gasteiger charge is 2.33. The van der Waals surface area contributed by atoms with Gasteiger partial charge in [0.15, 0.2) is 0 Å². The Kier molecular flexibility index (Phi) is 3.06. The first-order valence-corrected chi connectivity index (χ1v) is 6.81. The lowest BCUT2D eigenvalue weighted by molar-refractivity contribution is 0.0639. The second-order valence-corrected chi connectivity index (χ2v) is 5.90. The van der Waals surface area contributed by atoms with E-state index in [1.165, 1.54) is 12.8 Å². The summed E-state index contributed by atoms with van der Waals surface area (Å²) >= 11 is 0. The molecule has 104 valence electrons. The maximum absolute atomic E-state index is 5.56. The third kappa shape index (κ3) is 2.50. The molecule has 0 unspecified atom stereocenters. The number of morpholine rings is 1. The molecule has 0 aromatic carbocycles. The zero-order valence-electron chi connectivity index (χ0n) is 11.5. The van der Waals surface area contributed by atoms with Crippen LogP contribution in [0.1, 0.15) is 38.4 Å². The number of ether oxygens (including phenoxy) is 1. The van der Waals surface area contributed by atoms with Crippen LogP contribution in [-0.4, -0.2) is 35.3 Å². The third-order valence-corrected chi connectivity index (χ3v) is 3.74. The number of hydrogen-bond acceptors (Lipinski definition) is 6. The fourth-order valence-electron chi connectivity index (χ4n) is 2.47. The molecule has 1 saturated heterocycles. The fraction of sp³-hybridized carbons (Fsp3) is 0.692. The summed E-state index contributed by atoms with van der Waals surface area (Å²) in [5.74, 6) is 8.57. The molecule has 6 heteroatoms. The maximum atomic E-state index is 5.56. The van der Waals surface area contributed by atoms with Crippen molar-refractivity contribution in [2.24, 2.45) is 5.84 Å². The first-order valence-electron chi connectivity index (χ1n) is 6.81. The number of rotatable bonds is 3. The lowest BCUT2D eigenvalue weighted by atomic mass is 10.0. The molecule has 0 amide bonds. The van der Waals surface area contributed by atoms with Crippen molar-refractivity contribution in [2.45, 2.75) is 38.1 Å². The molecule has 1 aliphatic heterocycles. The van der Waals surface area contributed by atoms with E-state index in [9.17, 15) is 0 Å². The number of hydrazine groups is 1. The lowest BCUT2D eigenvalue weighted by Gasteiger charge is -2.43. The molecule has 1 aromatic rings.